The van der Waals surface area contributed by atoms with E-state index in [1.165, 1.54) is 5.56 Å². The molecular formula is C25H23BrN2O3S. The molecule has 164 valence electrons. The standard InChI is InChI=1S/C25H23BrN2O3S/c26-23-4-2-1-3-22(23)25(31)28-12-10-27(11-13-28)24(30)16-21(29)15-18-5-7-19(8-6-18)20-9-14-32-17-20/h1-9,14,17H,10-13,15-16H2. The molecule has 0 saturated carbocycles. The third kappa shape index (κ3) is 5.34. The molecule has 0 N–H and O–H groups in total. The van der Waals surface area contributed by atoms with Gasteiger partial charge in [0.1, 0.15) is 5.78 Å². The Hall–Kier alpha value is -2.77. The van der Waals surface area contributed by atoms with Crippen LogP contribution in [0, 0.1) is 0 Å². The molecule has 1 aliphatic rings. The molecule has 0 bridgehead atoms. The Bertz CT molecular complexity index is 1100. The zero-order valence-corrected chi connectivity index (χ0v) is 19.9. The van der Waals surface area contributed by atoms with Crippen molar-refractivity contribution in [2.45, 2.75) is 12.8 Å². The third-order valence-electron chi connectivity index (χ3n) is 5.58. The first-order chi connectivity index (χ1) is 15.5. The molecule has 0 aliphatic carbocycles. The van der Waals surface area contributed by atoms with E-state index in [9.17, 15) is 14.4 Å². The highest BCUT2D eigenvalue weighted by Gasteiger charge is 2.26. The summed E-state index contributed by atoms with van der Waals surface area (Å²) in [5.41, 5.74) is 3.81. The van der Waals surface area contributed by atoms with Gasteiger partial charge in [0.2, 0.25) is 5.91 Å². The van der Waals surface area contributed by atoms with Crippen LogP contribution >= 0.6 is 27.3 Å². The van der Waals surface area contributed by atoms with Crippen LogP contribution in [0.2, 0.25) is 0 Å². The number of nitrogens with zero attached hydrogens (tertiary/aromatic N) is 2. The van der Waals surface area contributed by atoms with Crippen LogP contribution in [0.15, 0.2) is 69.8 Å². The highest BCUT2D eigenvalue weighted by Crippen LogP contribution is 2.23. The second-order valence-corrected chi connectivity index (χ2v) is 9.39. The number of hydrogen-bond acceptors (Lipinski definition) is 4. The Labute approximate surface area is 199 Å². The van der Waals surface area contributed by atoms with Crippen molar-refractivity contribution in [3.8, 4) is 11.1 Å². The molecular weight excluding hydrogens is 488 g/mol. The Morgan fingerprint density at radius 2 is 1.53 bits per heavy atom. The molecule has 1 saturated heterocycles. The van der Waals surface area contributed by atoms with E-state index >= 15 is 0 Å². The van der Waals surface area contributed by atoms with Crippen LogP contribution in [0.5, 0.6) is 0 Å². The minimum absolute atomic E-state index is 0.0495. The van der Waals surface area contributed by atoms with Crippen LogP contribution in [0.4, 0.5) is 0 Å². The van der Waals surface area contributed by atoms with Gasteiger partial charge in [-0.25, -0.2) is 0 Å². The molecule has 7 heteroatoms. The molecule has 0 radical (unpaired) electrons. The van der Waals surface area contributed by atoms with E-state index < -0.39 is 0 Å². The Kier molecular flexibility index (Phi) is 7.17. The summed E-state index contributed by atoms with van der Waals surface area (Å²) in [6.45, 7) is 1.81. The molecule has 0 atom stereocenters. The van der Waals surface area contributed by atoms with Gasteiger partial charge in [-0.2, -0.15) is 11.3 Å². The summed E-state index contributed by atoms with van der Waals surface area (Å²) in [6, 6.07) is 17.3. The van der Waals surface area contributed by atoms with Crippen LogP contribution in [0.3, 0.4) is 0 Å². The number of Topliss-reactive ketones (excluding diaryl/α,β-unsaturated/α-hetero) is 1. The van der Waals surface area contributed by atoms with Crippen molar-refractivity contribution in [3.63, 3.8) is 0 Å². The molecule has 0 spiro atoms. The summed E-state index contributed by atoms with van der Waals surface area (Å²) in [6.07, 6.45) is 0.139. The number of carbonyl (C=O) groups excluding carboxylic acids is 3. The summed E-state index contributed by atoms with van der Waals surface area (Å²) in [5, 5.41) is 4.12. The summed E-state index contributed by atoms with van der Waals surface area (Å²) >= 11 is 5.07. The van der Waals surface area contributed by atoms with Gasteiger partial charge in [-0.15, -0.1) is 0 Å². The van der Waals surface area contributed by atoms with Crippen molar-refractivity contribution in [3.05, 3.63) is 81.0 Å². The number of rotatable bonds is 6. The lowest BCUT2D eigenvalue weighted by Gasteiger charge is -2.35. The number of ketones is 1. The maximum absolute atomic E-state index is 12.7. The first-order valence-electron chi connectivity index (χ1n) is 10.5. The highest BCUT2D eigenvalue weighted by molar-refractivity contribution is 9.10. The highest BCUT2D eigenvalue weighted by atomic mass is 79.9. The van der Waals surface area contributed by atoms with Crippen LogP contribution < -0.4 is 0 Å². The van der Waals surface area contributed by atoms with Crippen LogP contribution in [0.25, 0.3) is 11.1 Å². The van der Waals surface area contributed by atoms with Gasteiger partial charge in [0.25, 0.3) is 5.91 Å². The second-order valence-electron chi connectivity index (χ2n) is 7.75. The smallest absolute Gasteiger partial charge is 0.255 e. The van der Waals surface area contributed by atoms with Crippen LogP contribution in [-0.2, 0) is 16.0 Å². The van der Waals surface area contributed by atoms with Gasteiger partial charge in [0.05, 0.1) is 12.0 Å². The summed E-state index contributed by atoms with van der Waals surface area (Å²) in [5.74, 6) is -0.311. The maximum atomic E-state index is 12.7. The van der Waals surface area contributed by atoms with E-state index in [-0.39, 0.29) is 30.4 Å². The first-order valence-corrected chi connectivity index (χ1v) is 12.2. The Balaban J connectivity index is 1.26. The van der Waals surface area contributed by atoms with Gasteiger partial charge in [0.15, 0.2) is 0 Å². The fraction of sp³-hybridized carbons (Fsp3) is 0.240. The lowest BCUT2D eigenvalue weighted by atomic mass is 10.0. The van der Waals surface area contributed by atoms with Crippen molar-refractivity contribution >= 4 is 44.9 Å². The molecule has 4 rings (SSSR count). The van der Waals surface area contributed by atoms with Gasteiger partial charge in [-0.1, -0.05) is 36.4 Å². The normalized spacial score (nSPS) is 13.8. The number of halogens is 1. The van der Waals surface area contributed by atoms with Gasteiger partial charge in [-0.3, -0.25) is 14.4 Å². The number of thiophene rings is 1. The number of carbonyl (C=O) groups is 3. The predicted octanol–water partition coefficient (Wildman–Crippen LogP) is 4.66. The Morgan fingerprint density at radius 1 is 0.844 bits per heavy atom. The van der Waals surface area contributed by atoms with E-state index in [0.29, 0.717) is 31.7 Å². The minimum atomic E-state index is -0.169. The summed E-state index contributed by atoms with van der Waals surface area (Å²) in [4.78, 5) is 41.2. The molecule has 5 nitrogen and oxygen atoms in total. The minimum Gasteiger partial charge on any atom is -0.339 e. The van der Waals surface area contributed by atoms with E-state index in [1.807, 2.05) is 47.8 Å². The number of amides is 2. The predicted molar refractivity (Wildman–Crippen MR) is 130 cm³/mol. The van der Waals surface area contributed by atoms with Gasteiger partial charge < -0.3 is 9.80 Å². The average Bonchev–Trinajstić information content (AvgIpc) is 3.34. The molecule has 1 aliphatic heterocycles. The van der Waals surface area contributed by atoms with Gasteiger partial charge in [-0.05, 0) is 61.6 Å². The molecule has 2 aromatic carbocycles. The maximum Gasteiger partial charge on any atom is 0.255 e. The topological polar surface area (TPSA) is 57.7 Å². The van der Waals surface area contributed by atoms with E-state index in [2.05, 4.69) is 27.4 Å². The average molecular weight is 511 g/mol. The molecule has 0 unspecified atom stereocenters. The number of hydrogen-bond donors (Lipinski definition) is 0. The van der Waals surface area contributed by atoms with Crippen molar-refractivity contribution in [2.75, 3.05) is 26.2 Å². The van der Waals surface area contributed by atoms with Crippen molar-refractivity contribution in [1.82, 2.24) is 9.80 Å². The Morgan fingerprint density at radius 3 is 2.19 bits per heavy atom. The molecule has 2 amide bonds. The van der Waals surface area contributed by atoms with E-state index in [1.54, 1.807) is 27.2 Å². The van der Waals surface area contributed by atoms with E-state index in [4.69, 9.17) is 0 Å². The molecule has 1 aromatic heterocycles. The molecule has 1 fully saturated rings. The lowest BCUT2D eigenvalue weighted by molar-refractivity contribution is -0.136. The molecule has 3 aromatic rings. The zero-order chi connectivity index (χ0) is 22.5. The number of benzene rings is 2. The quantitative estimate of drug-likeness (QED) is 0.453. The number of piperazine rings is 1. The fourth-order valence-corrected chi connectivity index (χ4v) is 4.90. The molecule has 2 heterocycles. The van der Waals surface area contributed by atoms with Crippen molar-refractivity contribution in [1.29, 1.82) is 0 Å². The summed E-state index contributed by atoms with van der Waals surface area (Å²) < 4.78 is 0.762. The lowest BCUT2D eigenvalue weighted by Crippen LogP contribution is -2.51. The van der Waals surface area contributed by atoms with Crippen LogP contribution in [0.1, 0.15) is 22.3 Å². The third-order valence-corrected chi connectivity index (χ3v) is 6.96. The molecule has 32 heavy (non-hydrogen) atoms. The van der Waals surface area contributed by atoms with E-state index in [0.717, 1.165) is 15.6 Å². The van der Waals surface area contributed by atoms with Gasteiger partial charge in [0, 0.05) is 37.1 Å². The van der Waals surface area contributed by atoms with Gasteiger partial charge >= 0.3 is 0 Å². The SMILES string of the molecule is O=C(CC(=O)N1CCN(C(=O)c2ccccc2Br)CC1)Cc1ccc(-c2ccsc2)cc1. The second kappa shape index (κ2) is 10.2. The largest absolute Gasteiger partial charge is 0.339 e. The monoisotopic (exact) mass is 510 g/mol. The van der Waals surface area contributed by atoms with Crippen molar-refractivity contribution in [2.24, 2.45) is 0 Å². The fourth-order valence-electron chi connectivity index (χ4n) is 3.78. The zero-order valence-electron chi connectivity index (χ0n) is 17.5. The van der Waals surface area contributed by atoms with Crippen LogP contribution in [-0.4, -0.2) is 53.6 Å². The van der Waals surface area contributed by atoms with Crippen molar-refractivity contribution < 1.29 is 14.4 Å². The first kappa shape index (κ1) is 22.4. The summed E-state index contributed by atoms with van der Waals surface area (Å²) in [7, 11) is 0.